The van der Waals surface area contributed by atoms with Crippen molar-refractivity contribution in [2.75, 3.05) is 12.4 Å². The Labute approximate surface area is 157 Å². The van der Waals surface area contributed by atoms with Gasteiger partial charge in [-0.2, -0.15) is 0 Å². The third kappa shape index (κ3) is 3.93. The molecule has 7 nitrogen and oxygen atoms in total. The Kier molecular flexibility index (Phi) is 5.13. The zero-order valence-corrected chi connectivity index (χ0v) is 15.2. The van der Waals surface area contributed by atoms with Gasteiger partial charge in [-0.15, -0.1) is 11.3 Å². The molecule has 3 rings (SSSR count). The zero-order valence-electron chi connectivity index (χ0n) is 14.4. The molecule has 27 heavy (non-hydrogen) atoms. The molecule has 1 aromatic heterocycles. The molecule has 0 aliphatic heterocycles. The third-order valence-corrected chi connectivity index (χ3v) is 4.95. The molecule has 2 aromatic carbocycles. The monoisotopic (exact) mass is 387 g/mol. The van der Waals surface area contributed by atoms with Crippen LogP contribution in [0.15, 0.2) is 42.5 Å². The van der Waals surface area contributed by atoms with E-state index in [-0.39, 0.29) is 17.2 Å². The minimum atomic E-state index is -0.596. The lowest BCUT2D eigenvalue weighted by Gasteiger charge is -2.06. The summed E-state index contributed by atoms with van der Waals surface area (Å²) < 4.78 is 18.0. The molecule has 0 spiro atoms. The highest BCUT2D eigenvalue weighted by Crippen LogP contribution is 2.32. The first-order valence-corrected chi connectivity index (χ1v) is 8.58. The number of thiazole rings is 1. The van der Waals surface area contributed by atoms with Gasteiger partial charge in [-0.1, -0.05) is 0 Å². The van der Waals surface area contributed by atoms with Gasteiger partial charge in [0, 0.05) is 5.56 Å². The van der Waals surface area contributed by atoms with E-state index in [1.807, 2.05) is 0 Å². The van der Waals surface area contributed by atoms with Crippen molar-refractivity contribution in [2.24, 2.45) is 0 Å². The SMILES string of the molecule is COc1ccc(NC(=O)c2sc(-c3ccc(F)cc3)nc2C)c([N+](=O)[O-])c1. The number of hydrogen-bond donors (Lipinski definition) is 1. The Bertz CT molecular complexity index is 1020. The van der Waals surface area contributed by atoms with Crippen LogP contribution in [0.25, 0.3) is 10.6 Å². The number of rotatable bonds is 5. The molecule has 0 saturated heterocycles. The van der Waals surface area contributed by atoms with Crippen molar-refractivity contribution in [3.63, 3.8) is 0 Å². The predicted molar refractivity (Wildman–Crippen MR) is 99.8 cm³/mol. The van der Waals surface area contributed by atoms with E-state index in [1.165, 1.54) is 37.4 Å². The number of ether oxygens (including phenoxy) is 1. The summed E-state index contributed by atoms with van der Waals surface area (Å²) in [6.07, 6.45) is 0. The lowest BCUT2D eigenvalue weighted by molar-refractivity contribution is -0.384. The molecule has 1 heterocycles. The van der Waals surface area contributed by atoms with Crippen molar-refractivity contribution in [1.29, 1.82) is 0 Å². The van der Waals surface area contributed by atoms with Crippen LogP contribution in [0.2, 0.25) is 0 Å². The largest absolute Gasteiger partial charge is 0.496 e. The molecular formula is C18H14FN3O4S. The van der Waals surface area contributed by atoms with E-state index in [0.717, 1.165) is 11.3 Å². The van der Waals surface area contributed by atoms with Crippen molar-refractivity contribution in [2.45, 2.75) is 6.92 Å². The molecule has 0 aliphatic rings. The van der Waals surface area contributed by atoms with Crippen molar-refractivity contribution in [3.05, 3.63) is 69.0 Å². The van der Waals surface area contributed by atoms with Crippen molar-refractivity contribution in [3.8, 4) is 16.3 Å². The fraction of sp³-hybridized carbons (Fsp3) is 0.111. The summed E-state index contributed by atoms with van der Waals surface area (Å²) in [7, 11) is 1.40. The summed E-state index contributed by atoms with van der Waals surface area (Å²) in [6, 6.07) is 9.93. The molecule has 3 aromatic rings. The smallest absolute Gasteiger partial charge is 0.296 e. The fourth-order valence-corrected chi connectivity index (χ4v) is 3.36. The lowest BCUT2D eigenvalue weighted by Crippen LogP contribution is -2.13. The number of amides is 1. The zero-order chi connectivity index (χ0) is 19.6. The third-order valence-electron chi connectivity index (χ3n) is 3.74. The van der Waals surface area contributed by atoms with E-state index >= 15 is 0 Å². The summed E-state index contributed by atoms with van der Waals surface area (Å²) in [5, 5.41) is 14.4. The number of nitrogens with zero attached hydrogens (tertiary/aromatic N) is 2. The molecule has 0 saturated carbocycles. The minimum Gasteiger partial charge on any atom is -0.496 e. The van der Waals surface area contributed by atoms with Gasteiger partial charge >= 0.3 is 0 Å². The Morgan fingerprint density at radius 2 is 1.96 bits per heavy atom. The normalized spacial score (nSPS) is 10.5. The number of nitro benzene ring substituents is 1. The van der Waals surface area contributed by atoms with E-state index in [0.29, 0.717) is 26.9 Å². The van der Waals surface area contributed by atoms with Crippen molar-refractivity contribution in [1.82, 2.24) is 4.98 Å². The van der Waals surface area contributed by atoms with Gasteiger partial charge in [0.15, 0.2) is 0 Å². The highest BCUT2D eigenvalue weighted by atomic mass is 32.1. The standard InChI is InChI=1S/C18H14FN3O4S/c1-10-16(27-18(20-10)11-3-5-12(19)6-4-11)17(23)21-14-8-7-13(26-2)9-15(14)22(24)25/h3-9H,1-2H3,(H,21,23). The summed E-state index contributed by atoms with van der Waals surface area (Å²) in [5.41, 5.74) is 0.942. The van der Waals surface area contributed by atoms with Gasteiger partial charge in [0.1, 0.15) is 27.1 Å². The molecule has 0 aliphatic carbocycles. The molecule has 0 bridgehead atoms. The van der Waals surface area contributed by atoms with Crippen molar-refractivity contribution >= 4 is 28.6 Å². The second-order valence-electron chi connectivity index (χ2n) is 5.53. The van der Waals surface area contributed by atoms with Crippen LogP contribution < -0.4 is 10.1 Å². The molecule has 9 heteroatoms. The molecule has 1 N–H and O–H groups in total. The first kappa shape index (κ1) is 18.5. The summed E-state index contributed by atoms with van der Waals surface area (Å²) in [4.78, 5) is 27.9. The minimum absolute atomic E-state index is 0.0573. The molecular weight excluding hydrogens is 373 g/mol. The van der Waals surface area contributed by atoms with Crippen LogP contribution in [0, 0.1) is 22.9 Å². The van der Waals surface area contributed by atoms with E-state index in [9.17, 15) is 19.3 Å². The molecule has 138 valence electrons. The number of nitrogens with one attached hydrogen (secondary N) is 1. The number of nitro groups is 1. The van der Waals surface area contributed by atoms with Gasteiger partial charge in [-0.25, -0.2) is 9.37 Å². The number of aromatic nitrogens is 1. The highest BCUT2D eigenvalue weighted by Gasteiger charge is 2.21. The van der Waals surface area contributed by atoms with E-state index in [4.69, 9.17) is 4.74 Å². The second-order valence-corrected chi connectivity index (χ2v) is 6.53. The van der Waals surface area contributed by atoms with Gasteiger partial charge in [0.05, 0.1) is 23.8 Å². The molecule has 0 unspecified atom stereocenters. The van der Waals surface area contributed by atoms with E-state index < -0.39 is 10.8 Å². The van der Waals surface area contributed by atoms with Gasteiger partial charge in [0.2, 0.25) is 0 Å². The Morgan fingerprint density at radius 3 is 2.59 bits per heavy atom. The Morgan fingerprint density at radius 1 is 1.26 bits per heavy atom. The quantitative estimate of drug-likeness (QED) is 0.516. The predicted octanol–water partition coefficient (Wildman–Crippen LogP) is 4.43. The molecule has 1 amide bonds. The van der Waals surface area contributed by atoms with E-state index in [1.54, 1.807) is 19.1 Å². The maximum atomic E-state index is 13.1. The number of carbonyl (C=O) groups excluding carboxylic acids is 1. The number of benzene rings is 2. The van der Waals surface area contributed by atoms with Crippen LogP contribution in [-0.4, -0.2) is 22.9 Å². The van der Waals surface area contributed by atoms with Crippen LogP contribution in [0.5, 0.6) is 5.75 Å². The van der Waals surface area contributed by atoms with Crippen LogP contribution in [0.4, 0.5) is 15.8 Å². The lowest BCUT2D eigenvalue weighted by atomic mass is 10.2. The molecule has 0 fully saturated rings. The first-order chi connectivity index (χ1) is 12.9. The maximum absolute atomic E-state index is 13.1. The number of methoxy groups -OCH3 is 1. The van der Waals surface area contributed by atoms with E-state index in [2.05, 4.69) is 10.3 Å². The van der Waals surface area contributed by atoms with Crippen LogP contribution in [-0.2, 0) is 0 Å². The van der Waals surface area contributed by atoms with Crippen LogP contribution in [0.1, 0.15) is 15.4 Å². The number of halogens is 1. The average Bonchev–Trinajstić information content (AvgIpc) is 3.04. The number of carbonyl (C=O) groups is 1. The van der Waals surface area contributed by atoms with Gasteiger partial charge in [-0.3, -0.25) is 14.9 Å². The van der Waals surface area contributed by atoms with Gasteiger partial charge < -0.3 is 10.1 Å². The topological polar surface area (TPSA) is 94.4 Å². The average molecular weight is 387 g/mol. The fourth-order valence-electron chi connectivity index (χ4n) is 2.40. The first-order valence-electron chi connectivity index (χ1n) is 7.76. The number of hydrogen-bond acceptors (Lipinski definition) is 6. The maximum Gasteiger partial charge on any atom is 0.296 e. The summed E-state index contributed by atoms with van der Waals surface area (Å²) >= 11 is 1.13. The Balaban J connectivity index is 1.89. The van der Waals surface area contributed by atoms with Gasteiger partial charge in [0.25, 0.3) is 11.6 Å². The van der Waals surface area contributed by atoms with Crippen LogP contribution >= 0.6 is 11.3 Å². The number of aryl methyl sites for hydroxylation is 1. The molecule has 0 radical (unpaired) electrons. The highest BCUT2D eigenvalue weighted by molar-refractivity contribution is 7.17. The second kappa shape index (κ2) is 7.50. The Hall–Kier alpha value is -3.33. The van der Waals surface area contributed by atoms with Crippen LogP contribution in [0.3, 0.4) is 0 Å². The van der Waals surface area contributed by atoms with Gasteiger partial charge in [-0.05, 0) is 43.3 Å². The summed E-state index contributed by atoms with van der Waals surface area (Å²) in [6.45, 7) is 1.67. The summed E-state index contributed by atoms with van der Waals surface area (Å²) in [5.74, 6) is -0.560. The van der Waals surface area contributed by atoms with Crippen molar-refractivity contribution < 1.29 is 18.8 Å². The number of anilines is 1. The molecule has 0 atom stereocenters.